The number of carbonyl (C=O) groups excluding carboxylic acids is 3. The van der Waals surface area contributed by atoms with E-state index in [9.17, 15) is 14.4 Å². The van der Waals surface area contributed by atoms with Crippen LogP contribution in [0.3, 0.4) is 0 Å². The Bertz CT molecular complexity index is 770. The van der Waals surface area contributed by atoms with Gasteiger partial charge in [0.05, 0.1) is 11.8 Å². The van der Waals surface area contributed by atoms with E-state index in [-0.39, 0.29) is 23.6 Å². The molecule has 6 nitrogen and oxygen atoms in total. The van der Waals surface area contributed by atoms with Gasteiger partial charge in [0, 0.05) is 37.8 Å². The summed E-state index contributed by atoms with van der Waals surface area (Å²) in [7, 11) is 0. The van der Waals surface area contributed by atoms with E-state index in [4.69, 9.17) is 0 Å². The van der Waals surface area contributed by atoms with Crippen LogP contribution in [0.2, 0.25) is 0 Å². The van der Waals surface area contributed by atoms with E-state index in [1.807, 2.05) is 55.7 Å². The van der Waals surface area contributed by atoms with Gasteiger partial charge in [0.25, 0.3) is 0 Å². The number of benzene rings is 1. The molecule has 3 amide bonds. The van der Waals surface area contributed by atoms with Crippen molar-refractivity contribution in [2.24, 2.45) is 5.92 Å². The second-order valence-electron chi connectivity index (χ2n) is 8.35. The molecule has 0 aliphatic carbocycles. The summed E-state index contributed by atoms with van der Waals surface area (Å²) in [5.74, 6) is 0.202. The van der Waals surface area contributed by atoms with Gasteiger partial charge >= 0.3 is 0 Å². The van der Waals surface area contributed by atoms with E-state index in [1.54, 1.807) is 0 Å². The van der Waals surface area contributed by atoms with Gasteiger partial charge in [0.15, 0.2) is 0 Å². The Balaban J connectivity index is 1.66. The molecular weight excluding hydrogens is 342 g/mol. The van der Waals surface area contributed by atoms with Gasteiger partial charge in [0.1, 0.15) is 0 Å². The first-order valence-corrected chi connectivity index (χ1v) is 9.71. The monoisotopic (exact) mass is 371 g/mol. The molecule has 146 valence electrons. The molecule has 0 spiro atoms. The average molecular weight is 371 g/mol. The zero-order valence-corrected chi connectivity index (χ0v) is 16.7. The van der Waals surface area contributed by atoms with Crippen LogP contribution in [0.1, 0.15) is 45.2 Å². The first-order valence-electron chi connectivity index (χ1n) is 9.71. The zero-order chi connectivity index (χ0) is 19.8. The maximum atomic E-state index is 12.8. The second kappa shape index (κ2) is 7.33. The lowest BCUT2D eigenvalue weighted by atomic mass is 9.85. The summed E-state index contributed by atoms with van der Waals surface area (Å²) in [4.78, 5) is 40.8. The summed E-state index contributed by atoms with van der Waals surface area (Å²) < 4.78 is 0. The van der Waals surface area contributed by atoms with Gasteiger partial charge in [-0.1, -0.05) is 26.0 Å². The summed E-state index contributed by atoms with van der Waals surface area (Å²) >= 11 is 0. The molecule has 0 radical (unpaired) electrons. The molecule has 1 aromatic carbocycles. The van der Waals surface area contributed by atoms with Crippen molar-refractivity contribution in [1.82, 2.24) is 9.80 Å². The van der Waals surface area contributed by atoms with Crippen molar-refractivity contribution in [3.8, 4) is 0 Å². The predicted octanol–water partition coefficient (Wildman–Crippen LogP) is 2.18. The van der Waals surface area contributed by atoms with Crippen LogP contribution in [0.15, 0.2) is 18.2 Å². The number of rotatable bonds is 3. The van der Waals surface area contributed by atoms with Gasteiger partial charge in [-0.2, -0.15) is 0 Å². The Morgan fingerprint density at radius 1 is 1.11 bits per heavy atom. The molecule has 1 aromatic rings. The molecule has 1 N–H and O–H groups in total. The Morgan fingerprint density at radius 3 is 2.48 bits per heavy atom. The van der Waals surface area contributed by atoms with E-state index in [2.05, 4.69) is 5.32 Å². The first kappa shape index (κ1) is 19.4. The van der Waals surface area contributed by atoms with Gasteiger partial charge in [-0.15, -0.1) is 0 Å². The molecule has 1 saturated heterocycles. The molecule has 0 saturated carbocycles. The minimum Gasteiger partial charge on any atom is -0.341 e. The lowest BCUT2D eigenvalue weighted by Gasteiger charge is -2.23. The number of hydrogen-bond donors (Lipinski definition) is 1. The SMILES string of the molecule is CC(C)C(=O)N1CCCN(C(=O)Cc2ccc3c(c2)C(C)(C)C(=O)N3)CC1. The molecule has 3 rings (SSSR count). The van der Waals surface area contributed by atoms with Crippen LogP contribution in [-0.4, -0.2) is 53.7 Å². The molecule has 2 aliphatic heterocycles. The highest BCUT2D eigenvalue weighted by atomic mass is 16.2. The fourth-order valence-corrected chi connectivity index (χ4v) is 3.77. The van der Waals surface area contributed by atoms with Crippen LogP contribution in [0.4, 0.5) is 5.69 Å². The molecule has 6 heteroatoms. The van der Waals surface area contributed by atoms with Gasteiger partial charge in [0.2, 0.25) is 17.7 Å². The van der Waals surface area contributed by atoms with Crippen LogP contribution in [-0.2, 0) is 26.2 Å². The Kier molecular flexibility index (Phi) is 5.27. The van der Waals surface area contributed by atoms with E-state index >= 15 is 0 Å². The van der Waals surface area contributed by atoms with Crippen molar-refractivity contribution in [1.29, 1.82) is 0 Å². The van der Waals surface area contributed by atoms with Crippen molar-refractivity contribution in [2.75, 3.05) is 31.5 Å². The average Bonchev–Trinajstić information content (AvgIpc) is 2.80. The van der Waals surface area contributed by atoms with Crippen LogP contribution in [0.5, 0.6) is 0 Å². The van der Waals surface area contributed by atoms with Gasteiger partial charge in [-0.3, -0.25) is 14.4 Å². The number of amides is 3. The normalized spacial score (nSPS) is 18.9. The minimum atomic E-state index is -0.575. The molecule has 0 aromatic heterocycles. The fourth-order valence-electron chi connectivity index (χ4n) is 3.77. The largest absolute Gasteiger partial charge is 0.341 e. The van der Waals surface area contributed by atoms with Crippen LogP contribution < -0.4 is 5.32 Å². The van der Waals surface area contributed by atoms with Gasteiger partial charge < -0.3 is 15.1 Å². The van der Waals surface area contributed by atoms with Crippen LogP contribution in [0.25, 0.3) is 0 Å². The van der Waals surface area contributed by atoms with E-state index in [0.717, 1.165) is 23.2 Å². The van der Waals surface area contributed by atoms with E-state index in [1.165, 1.54) is 0 Å². The van der Waals surface area contributed by atoms with Gasteiger partial charge in [-0.25, -0.2) is 0 Å². The minimum absolute atomic E-state index is 0.0107. The molecule has 0 unspecified atom stereocenters. The zero-order valence-electron chi connectivity index (χ0n) is 16.7. The molecular formula is C21H29N3O3. The number of nitrogens with zero attached hydrogens (tertiary/aromatic N) is 2. The Labute approximate surface area is 160 Å². The quantitative estimate of drug-likeness (QED) is 0.885. The Morgan fingerprint density at radius 2 is 1.78 bits per heavy atom. The first-order chi connectivity index (χ1) is 12.7. The van der Waals surface area contributed by atoms with Crippen LogP contribution in [0, 0.1) is 5.92 Å². The van der Waals surface area contributed by atoms with E-state index in [0.29, 0.717) is 32.6 Å². The summed E-state index contributed by atoms with van der Waals surface area (Å²) in [5, 5.41) is 2.89. The maximum absolute atomic E-state index is 12.8. The van der Waals surface area contributed by atoms with Crippen LogP contribution >= 0.6 is 0 Å². The number of nitrogens with one attached hydrogen (secondary N) is 1. The standard InChI is InChI=1S/C21H29N3O3/c1-14(2)19(26)24-9-5-8-23(10-11-24)18(25)13-15-6-7-17-16(12-15)21(3,4)20(27)22-17/h6-7,12,14H,5,8-11,13H2,1-4H3,(H,22,27). The lowest BCUT2D eigenvalue weighted by molar-refractivity contribution is -0.135. The molecule has 2 heterocycles. The summed E-state index contributed by atoms with van der Waals surface area (Å²) in [5.41, 5.74) is 2.12. The molecule has 2 aliphatic rings. The number of hydrogen-bond acceptors (Lipinski definition) is 3. The highest BCUT2D eigenvalue weighted by molar-refractivity contribution is 6.05. The topological polar surface area (TPSA) is 69.7 Å². The van der Waals surface area contributed by atoms with Crippen molar-refractivity contribution in [3.63, 3.8) is 0 Å². The van der Waals surface area contributed by atoms with Crippen molar-refractivity contribution < 1.29 is 14.4 Å². The highest BCUT2D eigenvalue weighted by Crippen LogP contribution is 2.37. The highest BCUT2D eigenvalue weighted by Gasteiger charge is 2.38. The summed E-state index contributed by atoms with van der Waals surface area (Å²) in [6, 6.07) is 5.76. The summed E-state index contributed by atoms with van der Waals surface area (Å²) in [6.07, 6.45) is 1.12. The molecule has 0 bridgehead atoms. The third-order valence-electron chi connectivity index (χ3n) is 5.58. The van der Waals surface area contributed by atoms with Crippen molar-refractivity contribution in [3.05, 3.63) is 29.3 Å². The predicted molar refractivity (Wildman–Crippen MR) is 104 cm³/mol. The van der Waals surface area contributed by atoms with Crippen molar-refractivity contribution >= 4 is 23.4 Å². The third kappa shape index (κ3) is 3.84. The lowest BCUT2D eigenvalue weighted by Crippen LogP contribution is -2.39. The second-order valence-corrected chi connectivity index (χ2v) is 8.35. The Hall–Kier alpha value is -2.37. The number of carbonyl (C=O) groups is 3. The van der Waals surface area contributed by atoms with E-state index < -0.39 is 5.41 Å². The number of fused-ring (bicyclic) bond motifs is 1. The van der Waals surface area contributed by atoms with Crippen molar-refractivity contribution in [2.45, 2.75) is 46.0 Å². The number of anilines is 1. The fraction of sp³-hybridized carbons (Fsp3) is 0.571. The summed E-state index contributed by atoms with van der Waals surface area (Å²) in [6.45, 7) is 10.2. The maximum Gasteiger partial charge on any atom is 0.234 e. The third-order valence-corrected chi connectivity index (χ3v) is 5.58. The molecule has 0 atom stereocenters. The smallest absolute Gasteiger partial charge is 0.234 e. The molecule has 27 heavy (non-hydrogen) atoms. The van der Waals surface area contributed by atoms with Gasteiger partial charge in [-0.05, 0) is 37.5 Å². The molecule has 1 fully saturated rings.